The minimum absolute atomic E-state index is 0.0971. The van der Waals surface area contributed by atoms with Gasteiger partial charge in [0.2, 0.25) is 0 Å². The Morgan fingerprint density at radius 3 is 2.33 bits per heavy atom. The monoisotopic (exact) mass is 566 g/mol. The summed E-state index contributed by atoms with van der Waals surface area (Å²) in [5, 5.41) is 3.36. The summed E-state index contributed by atoms with van der Waals surface area (Å²) >= 11 is 0. The van der Waals surface area contributed by atoms with Crippen molar-refractivity contribution in [1.29, 1.82) is 0 Å². The van der Waals surface area contributed by atoms with Gasteiger partial charge in [-0.05, 0) is 85.1 Å². The molecule has 5 rings (SSSR count). The summed E-state index contributed by atoms with van der Waals surface area (Å²) in [6, 6.07) is 8.43. The maximum Gasteiger partial charge on any atom is 0.482 e. The van der Waals surface area contributed by atoms with Gasteiger partial charge in [-0.15, -0.1) is 0 Å². The highest BCUT2D eigenvalue weighted by Crippen LogP contribution is 2.51. The number of piperazine rings is 1. The molecule has 1 N–H and O–H groups in total. The second-order valence-corrected chi connectivity index (χ2v) is 11.9. The van der Waals surface area contributed by atoms with E-state index in [-0.39, 0.29) is 36.4 Å². The Hall–Kier alpha value is -2.10. The highest BCUT2D eigenvalue weighted by atomic mass is 19.4. The van der Waals surface area contributed by atoms with Crippen molar-refractivity contribution in [2.24, 2.45) is 11.8 Å². The lowest BCUT2D eigenvalue weighted by atomic mass is 9.65. The molecule has 2 fully saturated rings. The molecule has 4 aliphatic rings. The van der Waals surface area contributed by atoms with Crippen LogP contribution in [-0.4, -0.2) is 55.3 Å². The number of benzene rings is 1. The third-order valence-corrected chi connectivity index (χ3v) is 9.24. The van der Waals surface area contributed by atoms with Crippen LogP contribution in [0.3, 0.4) is 0 Å². The first-order chi connectivity index (χ1) is 19.0. The van der Waals surface area contributed by atoms with Crippen LogP contribution in [0.2, 0.25) is 0 Å². The van der Waals surface area contributed by atoms with E-state index in [1.165, 1.54) is 16.7 Å². The number of halogens is 5. The lowest BCUT2D eigenvalue weighted by molar-refractivity contribution is -0.403. The molecule has 40 heavy (non-hydrogen) atoms. The summed E-state index contributed by atoms with van der Waals surface area (Å²) in [5.41, 5.74) is 5.78. The number of nitrogens with zero attached hydrogens (tertiary/aromatic N) is 1. The number of allylic oxidation sites excluding steroid dienone is 4. The summed E-state index contributed by atoms with van der Waals surface area (Å²) in [4.78, 5) is 14.6. The SMILES string of the molecule is CC1CCC(OC(F)(F)C(F)(F)F)CCC(c2ccc(CN3CCNCC3)cc2)C2=C3CCC(=O)C=C3CCC21. The van der Waals surface area contributed by atoms with E-state index in [0.29, 0.717) is 25.7 Å². The van der Waals surface area contributed by atoms with Crippen LogP contribution in [0.5, 0.6) is 0 Å². The highest BCUT2D eigenvalue weighted by Gasteiger charge is 2.60. The van der Waals surface area contributed by atoms with Gasteiger partial charge in [-0.2, -0.15) is 22.0 Å². The van der Waals surface area contributed by atoms with Gasteiger partial charge in [-0.1, -0.05) is 36.8 Å². The largest absolute Gasteiger partial charge is 0.482 e. The van der Waals surface area contributed by atoms with E-state index in [0.717, 1.165) is 56.7 Å². The first-order valence-electron chi connectivity index (χ1n) is 14.6. The fraction of sp³-hybridized carbons (Fsp3) is 0.645. The quantitative estimate of drug-likeness (QED) is 0.393. The molecule has 0 bridgehead atoms. The predicted octanol–water partition coefficient (Wildman–Crippen LogP) is 6.92. The first-order valence-corrected chi connectivity index (χ1v) is 14.6. The van der Waals surface area contributed by atoms with E-state index in [2.05, 4.69) is 46.1 Å². The van der Waals surface area contributed by atoms with Crippen molar-refractivity contribution in [3.05, 3.63) is 58.2 Å². The number of carbonyl (C=O) groups is 1. The van der Waals surface area contributed by atoms with E-state index in [4.69, 9.17) is 0 Å². The maximum atomic E-state index is 14.0. The molecule has 1 saturated carbocycles. The molecule has 3 aliphatic carbocycles. The van der Waals surface area contributed by atoms with Crippen molar-refractivity contribution >= 4 is 5.78 Å². The van der Waals surface area contributed by atoms with Crippen LogP contribution in [0.25, 0.3) is 0 Å². The summed E-state index contributed by atoms with van der Waals surface area (Å²) < 4.78 is 71.4. The number of ether oxygens (including phenoxy) is 1. The Kier molecular flexibility index (Phi) is 8.83. The van der Waals surface area contributed by atoms with Gasteiger partial charge in [-0.25, -0.2) is 0 Å². The van der Waals surface area contributed by atoms with Crippen molar-refractivity contribution in [3.8, 4) is 0 Å². The topological polar surface area (TPSA) is 41.6 Å². The van der Waals surface area contributed by atoms with E-state index in [1.807, 2.05) is 0 Å². The molecule has 1 aromatic rings. The standard InChI is InChI=1S/C31H39F5N2O2/c1-20-2-9-25(40-31(35,36)30(32,33)34)10-13-27(29-26(20)11-7-23-18-24(39)8-12-28(23)29)22-5-3-21(4-6-22)19-38-16-14-37-15-17-38/h3-6,18,20,25-27,37H,2,7-17,19H2,1H3. The molecule has 9 heteroatoms. The minimum atomic E-state index is -5.75. The molecule has 4 atom stereocenters. The van der Waals surface area contributed by atoms with Crippen LogP contribution in [-0.2, 0) is 16.1 Å². The molecular formula is C31H39F5N2O2. The molecule has 4 unspecified atom stereocenters. The van der Waals surface area contributed by atoms with Gasteiger partial charge in [-0.3, -0.25) is 9.69 Å². The molecule has 220 valence electrons. The summed E-state index contributed by atoms with van der Waals surface area (Å²) in [6.45, 7) is 6.82. The zero-order valence-corrected chi connectivity index (χ0v) is 23.0. The normalized spacial score (nSPS) is 29.1. The van der Waals surface area contributed by atoms with Crippen LogP contribution < -0.4 is 5.32 Å². The molecule has 1 heterocycles. The first kappa shape index (κ1) is 29.4. The number of rotatable bonds is 5. The van der Waals surface area contributed by atoms with Crippen LogP contribution in [0.4, 0.5) is 22.0 Å². The molecular weight excluding hydrogens is 527 g/mol. The second-order valence-electron chi connectivity index (χ2n) is 11.9. The number of hydrogen-bond acceptors (Lipinski definition) is 4. The van der Waals surface area contributed by atoms with E-state index >= 15 is 0 Å². The average Bonchev–Trinajstić information content (AvgIpc) is 2.97. The van der Waals surface area contributed by atoms with E-state index in [1.54, 1.807) is 6.08 Å². The fourth-order valence-electron chi connectivity index (χ4n) is 7.09. The van der Waals surface area contributed by atoms with Gasteiger partial charge < -0.3 is 10.1 Å². The van der Waals surface area contributed by atoms with Gasteiger partial charge >= 0.3 is 12.3 Å². The van der Waals surface area contributed by atoms with Crippen molar-refractivity contribution in [3.63, 3.8) is 0 Å². The zero-order valence-electron chi connectivity index (χ0n) is 23.0. The number of fused-ring (bicyclic) bond motifs is 2. The Morgan fingerprint density at radius 1 is 0.925 bits per heavy atom. The summed E-state index contributed by atoms with van der Waals surface area (Å²) in [6.07, 6.45) is -6.41. The van der Waals surface area contributed by atoms with Gasteiger partial charge in [0.1, 0.15) is 0 Å². The third-order valence-electron chi connectivity index (χ3n) is 9.24. The average molecular weight is 567 g/mol. The minimum Gasteiger partial charge on any atom is -0.314 e. The van der Waals surface area contributed by atoms with Crippen molar-refractivity contribution in [2.45, 2.75) is 89.1 Å². The third kappa shape index (κ3) is 6.52. The van der Waals surface area contributed by atoms with Gasteiger partial charge in [0.05, 0.1) is 6.10 Å². The Morgan fingerprint density at radius 2 is 1.62 bits per heavy atom. The van der Waals surface area contributed by atoms with Crippen molar-refractivity contribution in [1.82, 2.24) is 10.2 Å². The molecule has 4 nitrogen and oxygen atoms in total. The molecule has 0 amide bonds. The van der Waals surface area contributed by atoms with Crippen molar-refractivity contribution < 1.29 is 31.5 Å². The number of nitrogens with one attached hydrogen (secondary N) is 1. The van der Waals surface area contributed by atoms with Crippen LogP contribution in [0, 0.1) is 11.8 Å². The Labute approximate surface area is 233 Å². The van der Waals surface area contributed by atoms with Gasteiger partial charge in [0.15, 0.2) is 5.78 Å². The zero-order chi connectivity index (χ0) is 28.5. The van der Waals surface area contributed by atoms with Crippen LogP contribution >= 0.6 is 0 Å². The fourth-order valence-corrected chi connectivity index (χ4v) is 7.09. The predicted molar refractivity (Wildman–Crippen MR) is 143 cm³/mol. The Bertz CT molecular complexity index is 1120. The lowest BCUT2D eigenvalue weighted by Gasteiger charge is -2.39. The molecule has 1 aromatic carbocycles. The number of carbonyl (C=O) groups excluding carboxylic acids is 1. The molecule has 1 saturated heterocycles. The number of hydrogen-bond donors (Lipinski definition) is 1. The van der Waals surface area contributed by atoms with Crippen molar-refractivity contribution in [2.75, 3.05) is 26.2 Å². The van der Waals surface area contributed by atoms with Gasteiger partial charge in [0.25, 0.3) is 0 Å². The van der Waals surface area contributed by atoms with E-state index in [9.17, 15) is 26.7 Å². The molecule has 0 spiro atoms. The lowest BCUT2D eigenvalue weighted by Crippen LogP contribution is -2.42. The number of ketones is 1. The second kappa shape index (κ2) is 12.0. The summed E-state index contributed by atoms with van der Waals surface area (Å²) in [5.74, 6) is 0.287. The highest BCUT2D eigenvalue weighted by molar-refractivity contribution is 5.93. The number of alkyl halides is 5. The summed E-state index contributed by atoms with van der Waals surface area (Å²) in [7, 11) is 0. The van der Waals surface area contributed by atoms with Gasteiger partial charge in [0, 0.05) is 45.1 Å². The molecule has 1 aliphatic heterocycles. The molecule has 0 radical (unpaired) electrons. The smallest absolute Gasteiger partial charge is 0.314 e. The maximum absolute atomic E-state index is 14.0. The Balaban J connectivity index is 1.48. The van der Waals surface area contributed by atoms with Crippen LogP contribution in [0.15, 0.2) is 47.1 Å². The molecule has 0 aromatic heterocycles. The van der Waals surface area contributed by atoms with Crippen LogP contribution in [0.1, 0.15) is 75.3 Å². The van der Waals surface area contributed by atoms with E-state index < -0.39 is 18.4 Å².